The first-order valence-corrected chi connectivity index (χ1v) is 11.5. The second-order valence-electron chi connectivity index (χ2n) is 7.79. The van der Waals surface area contributed by atoms with Gasteiger partial charge in [0, 0.05) is 36.1 Å². The fraction of sp³-hybridized carbons (Fsp3) is 0.333. The van der Waals surface area contributed by atoms with Gasteiger partial charge in [0.15, 0.2) is 0 Å². The average molecular weight is 457 g/mol. The molecule has 0 N–H and O–H groups in total. The number of ether oxygens (including phenoxy) is 1. The quantitative estimate of drug-likeness (QED) is 0.611. The summed E-state index contributed by atoms with van der Waals surface area (Å²) in [7, 11) is 0. The fourth-order valence-corrected chi connectivity index (χ4v) is 5.00. The number of rotatable bonds is 6. The Morgan fingerprint density at radius 1 is 0.968 bits per heavy atom. The van der Waals surface area contributed by atoms with E-state index in [4.69, 9.17) is 16.3 Å². The van der Waals surface area contributed by atoms with Crippen molar-refractivity contribution in [2.45, 2.75) is 18.7 Å². The van der Waals surface area contributed by atoms with E-state index in [1.807, 2.05) is 44.2 Å². The lowest BCUT2D eigenvalue weighted by Gasteiger charge is -2.28. The predicted octanol–water partition coefficient (Wildman–Crippen LogP) is 4.16. The van der Waals surface area contributed by atoms with Crippen molar-refractivity contribution >= 4 is 40.8 Å². The van der Waals surface area contributed by atoms with Gasteiger partial charge in [-0.15, -0.1) is 0 Å². The van der Waals surface area contributed by atoms with Crippen molar-refractivity contribution in [3.8, 4) is 0 Å². The number of morpholine rings is 1. The molecule has 0 unspecified atom stereocenters. The third-order valence-corrected chi connectivity index (χ3v) is 6.90. The maximum absolute atomic E-state index is 13.5. The Morgan fingerprint density at radius 2 is 1.68 bits per heavy atom. The van der Waals surface area contributed by atoms with Crippen LogP contribution >= 0.6 is 23.4 Å². The Balaban J connectivity index is 1.65. The first kappa shape index (κ1) is 22.1. The van der Waals surface area contributed by atoms with Crippen LogP contribution in [0.25, 0.3) is 5.57 Å². The molecule has 2 aromatic carbocycles. The predicted molar refractivity (Wildman–Crippen MR) is 124 cm³/mol. The molecule has 4 rings (SSSR count). The maximum Gasteiger partial charge on any atom is 0.268 e. The Bertz CT molecular complexity index is 1030. The molecule has 5 nitrogen and oxygen atoms in total. The molecule has 2 aromatic rings. The lowest BCUT2D eigenvalue weighted by molar-refractivity contribution is -0.136. The number of imide groups is 1. The summed E-state index contributed by atoms with van der Waals surface area (Å²) in [6, 6.07) is 13.3. The lowest BCUT2D eigenvalue weighted by Crippen LogP contribution is -2.43. The molecular formula is C24H25ClN2O3S. The Hall–Kier alpha value is -2.12. The maximum atomic E-state index is 13.5. The second-order valence-corrected chi connectivity index (χ2v) is 9.31. The van der Waals surface area contributed by atoms with Crippen molar-refractivity contribution in [2.75, 3.05) is 39.4 Å². The molecule has 0 aliphatic carbocycles. The molecule has 1 saturated heterocycles. The molecule has 0 saturated carbocycles. The SMILES string of the molecule is Cc1ccc(C2=C(Sc3ccc(Cl)cc3)C(=O)N(CCN3CCOCC3)C2=O)c(C)c1. The van der Waals surface area contributed by atoms with E-state index in [2.05, 4.69) is 4.90 Å². The highest BCUT2D eigenvalue weighted by molar-refractivity contribution is 8.04. The molecule has 2 heterocycles. The van der Waals surface area contributed by atoms with Crippen molar-refractivity contribution < 1.29 is 14.3 Å². The number of hydrogen-bond donors (Lipinski definition) is 0. The number of carbonyl (C=O) groups is 2. The van der Waals surface area contributed by atoms with Crippen molar-refractivity contribution in [1.29, 1.82) is 0 Å². The van der Waals surface area contributed by atoms with Crippen molar-refractivity contribution in [1.82, 2.24) is 9.80 Å². The third kappa shape index (κ3) is 4.88. The van der Waals surface area contributed by atoms with Crippen molar-refractivity contribution in [2.24, 2.45) is 0 Å². The molecule has 162 valence electrons. The Labute approximate surface area is 192 Å². The summed E-state index contributed by atoms with van der Waals surface area (Å²) in [5.74, 6) is -0.449. The summed E-state index contributed by atoms with van der Waals surface area (Å²) in [5, 5.41) is 0.633. The van der Waals surface area contributed by atoms with Gasteiger partial charge < -0.3 is 4.74 Å². The van der Waals surface area contributed by atoms with Crippen molar-refractivity contribution in [3.63, 3.8) is 0 Å². The van der Waals surface area contributed by atoms with Gasteiger partial charge in [0.1, 0.15) is 0 Å². The van der Waals surface area contributed by atoms with E-state index >= 15 is 0 Å². The average Bonchev–Trinajstić information content (AvgIpc) is 2.98. The number of amides is 2. The molecule has 0 atom stereocenters. The number of carbonyl (C=O) groups excluding carboxylic acids is 2. The molecular weight excluding hydrogens is 432 g/mol. The van der Waals surface area contributed by atoms with E-state index in [9.17, 15) is 9.59 Å². The van der Waals surface area contributed by atoms with Gasteiger partial charge >= 0.3 is 0 Å². The lowest BCUT2D eigenvalue weighted by atomic mass is 9.99. The van der Waals surface area contributed by atoms with Crippen LogP contribution in [0.1, 0.15) is 16.7 Å². The van der Waals surface area contributed by atoms with Gasteiger partial charge in [0.2, 0.25) is 0 Å². The van der Waals surface area contributed by atoms with Crippen LogP contribution in [0, 0.1) is 13.8 Å². The van der Waals surface area contributed by atoms with Gasteiger partial charge in [-0.05, 0) is 49.2 Å². The van der Waals surface area contributed by atoms with Gasteiger partial charge in [-0.3, -0.25) is 19.4 Å². The Kier molecular flexibility index (Phi) is 6.82. The zero-order valence-electron chi connectivity index (χ0n) is 17.7. The van der Waals surface area contributed by atoms with Gasteiger partial charge in [-0.2, -0.15) is 0 Å². The minimum absolute atomic E-state index is 0.221. The van der Waals surface area contributed by atoms with Crippen LogP contribution in [-0.4, -0.2) is 61.0 Å². The third-order valence-electron chi connectivity index (χ3n) is 5.55. The van der Waals surface area contributed by atoms with E-state index in [0.29, 0.717) is 41.8 Å². The van der Waals surface area contributed by atoms with E-state index in [0.717, 1.165) is 34.7 Å². The number of aryl methyl sites for hydroxylation is 2. The Morgan fingerprint density at radius 3 is 2.35 bits per heavy atom. The summed E-state index contributed by atoms with van der Waals surface area (Å²) in [5.41, 5.74) is 3.41. The van der Waals surface area contributed by atoms with E-state index in [1.54, 1.807) is 12.1 Å². The van der Waals surface area contributed by atoms with E-state index in [-0.39, 0.29) is 11.8 Å². The van der Waals surface area contributed by atoms with E-state index in [1.165, 1.54) is 16.7 Å². The highest BCUT2D eigenvalue weighted by Gasteiger charge is 2.39. The minimum Gasteiger partial charge on any atom is -0.379 e. The first-order valence-electron chi connectivity index (χ1n) is 10.4. The van der Waals surface area contributed by atoms with Crippen LogP contribution in [0.4, 0.5) is 0 Å². The molecule has 0 aromatic heterocycles. The standard InChI is InChI=1S/C24H25ClN2O3S/c1-16-3-8-20(17(2)15-16)21-22(31-19-6-4-18(25)5-7-19)24(29)27(23(21)28)10-9-26-11-13-30-14-12-26/h3-8,15H,9-14H2,1-2H3. The summed E-state index contributed by atoms with van der Waals surface area (Å²) in [6.07, 6.45) is 0. The molecule has 0 spiro atoms. The van der Waals surface area contributed by atoms with Crippen molar-refractivity contribution in [3.05, 3.63) is 69.1 Å². The zero-order valence-corrected chi connectivity index (χ0v) is 19.3. The van der Waals surface area contributed by atoms with Gasteiger partial charge in [0.25, 0.3) is 11.8 Å². The number of nitrogens with zero attached hydrogens (tertiary/aromatic N) is 2. The van der Waals surface area contributed by atoms with Crippen LogP contribution in [0.5, 0.6) is 0 Å². The molecule has 0 radical (unpaired) electrons. The largest absolute Gasteiger partial charge is 0.379 e. The smallest absolute Gasteiger partial charge is 0.268 e. The highest BCUT2D eigenvalue weighted by Crippen LogP contribution is 2.40. The minimum atomic E-state index is -0.229. The van der Waals surface area contributed by atoms with Gasteiger partial charge in [0.05, 0.1) is 23.7 Å². The normalized spacial score (nSPS) is 17.7. The van der Waals surface area contributed by atoms with Gasteiger partial charge in [-0.1, -0.05) is 47.1 Å². The number of benzene rings is 2. The number of hydrogen-bond acceptors (Lipinski definition) is 5. The van der Waals surface area contributed by atoms with Crippen LogP contribution in [-0.2, 0) is 14.3 Å². The summed E-state index contributed by atoms with van der Waals surface area (Å²) < 4.78 is 5.39. The number of halogens is 1. The molecule has 2 aliphatic rings. The molecule has 2 aliphatic heterocycles. The topological polar surface area (TPSA) is 49.9 Å². The second kappa shape index (κ2) is 9.57. The molecule has 31 heavy (non-hydrogen) atoms. The van der Waals surface area contributed by atoms with Crippen LogP contribution in [0.2, 0.25) is 5.02 Å². The van der Waals surface area contributed by atoms with Gasteiger partial charge in [-0.25, -0.2) is 0 Å². The first-order chi connectivity index (χ1) is 14.9. The van der Waals surface area contributed by atoms with Crippen LogP contribution < -0.4 is 0 Å². The molecule has 0 bridgehead atoms. The fourth-order valence-electron chi connectivity index (χ4n) is 3.87. The molecule has 1 fully saturated rings. The highest BCUT2D eigenvalue weighted by atomic mass is 35.5. The summed E-state index contributed by atoms with van der Waals surface area (Å²) >= 11 is 7.34. The molecule has 7 heteroatoms. The van der Waals surface area contributed by atoms with Crippen LogP contribution in [0.15, 0.2) is 52.3 Å². The van der Waals surface area contributed by atoms with Crippen LogP contribution in [0.3, 0.4) is 0 Å². The summed E-state index contributed by atoms with van der Waals surface area (Å²) in [4.78, 5) is 31.8. The molecule has 2 amide bonds. The number of thioether (sulfide) groups is 1. The zero-order chi connectivity index (χ0) is 22.0. The summed E-state index contributed by atoms with van der Waals surface area (Å²) in [6.45, 7) is 8.03. The monoisotopic (exact) mass is 456 g/mol. The van der Waals surface area contributed by atoms with E-state index < -0.39 is 0 Å².